The first-order chi connectivity index (χ1) is 12.0. The predicted octanol–water partition coefficient (Wildman–Crippen LogP) is 3.34. The summed E-state index contributed by atoms with van der Waals surface area (Å²) in [6.45, 7) is 1.78. The third kappa shape index (κ3) is 5.37. The summed E-state index contributed by atoms with van der Waals surface area (Å²) >= 11 is 0. The van der Waals surface area contributed by atoms with Gasteiger partial charge in [-0.05, 0) is 38.0 Å². The Morgan fingerprint density at radius 2 is 1.80 bits per heavy atom. The zero-order valence-corrected chi connectivity index (χ0v) is 15.0. The molecule has 0 heterocycles. The molecular formula is C19H27NO5. The lowest BCUT2D eigenvalue weighted by Crippen LogP contribution is -2.36. The van der Waals surface area contributed by atoms with Crippen molar-refractivity contribution in [3.05, 3.63) is 23.8 Å². The van der Waals surface area contributed by atoms with Crippen LogP contribution < -0.4 is 9.47 Å². The Morgan fingerprint density at radius 3 is 2.40 bits per heavy atom. The van der Waals surface area contributed by atoms with Crippen molar-refractivity contribution in [2.24, 2.45) is 0 Å². The van der Waals surface area contributed by atoms with Crippen LogP contribution in [0.1, 0.15) is 55.8 Å². The second kappa shape index (κ2) is 9.30. The number of ether oxygens (including phenoxy) is 2. The van der Waals surface area contributed by atoms with Crippen molar-refractivity contribution in [1.82, 2.24) is 4.90 Å². The van der Waals surface area contributed by atoms with Crippen molar-refractivity contribution in [3.8, 4) is 11.5 Å². The molecule has 1 aliphatic rings. The Balaban J connectivity index is 2.14. The fraction of sp³-hybridized carbons (Fsp3) is 0.579. The minimum absolute atomic E-state index is 0.0439. The third-order valence-corrected chi connectivity index (χ3v) is 4.53. The Morgan fingerprint density at radius 1 is 1.12 bits per heavy atom. The van der Waals surface area contributed by atoms with Crippen LogP contribution in [0.4, 0.5) is 0 Å². The van der Waals surface area contributed by atoms with Crippen LogP contribution in [0.2, 0.25) is 0 Å². The van der Waals surface area contributed by atoms with Gasteiger partial charge in [-0.25, -0.2) is 4.79 Å². The second-order valence-corrected chi connectivity index (χ2v) is 6.34. The van der Waals surface area contributed by atoms with E-state index in [1.165, 1.54) is 12.8 Å². The number of hydrogen-bond acceptors (Lipinski definition) is 4. The zero-order valence-electron chi connectivity index (χ0n) is 15.0. The summed E-state index contributed by atoms with van der Waals surface area (Å²) in [5.41, 5.74) is 0.526. The summed E-state index contributed by atoms with van der Waals surface area (Å²) < 4.78 is 10.7. The number of benzene rings is 1. The summed E-state index contributed by atoms with van der Waals surface area (Å²) in [6.07, 6.45) is 6.88. The zero-order chi connectivity index (χ0) is 18.2. The van der Waals surface area contributed by atoms with E-state index in [1.807, 2.05) is 18.9 Å². The third-order valence-electron chi connectivity index (χ3n) is 4.53. The van der Waals surface area contributed by atoms with Crippen molar-refractivity contribution in [2.75, 3.05) is 20.3 Å². The van der Waals surface area contributed by atoms with E-state index < -0.39 is 12.6 Å². The number of aliphatic carboxylic acids is 1. The highest BCUT2D eigenvalue weighted by Crippen LogP contribution is 2.30. The molecule has 0 bridgehead atoms. The van der Waals surface area contributed by atoms with E-state index in [0.717, 1.165) is 25.7 Å². The lowest BCUT2D eigenvalue weighted by molar-refractivity contribution is -0.139. The molecule has 0 unspecified atom stereocenters. The molecule has 25 heavy (non-hydrogen) atoms. The van der Waals surface area contributed by atoms with Crippen LogP contribution in [0, 0.1) is 0 Å². The van der Waals surface area contributed by atoms with Crippen molar-refractivity contribution >= 4 is 11.9 Å². The van der Waals surface area contributed by atoms with E-state index in [1.54, 1.807) is 18.2 Å². The summed E-state index contributed by atoms with van der Waals surface area (Å²) in [6, 6.07) is 5.17. The number of carbonyl (C=O) groups excluding carboxylic acids is 1. The predicted molar refractivity (Wildman–Crippen MR) is 94.3 cm³/mol. The Hall–Kier alpha value is -2.24. The van der Waals surface area contributed by atoms with Gasteiger partial charge in [-0.2, -0.15) is 0 Å². The van der Waals surface area contributed by atoms with Gasteiger partial charge in [0, 0.05) is 18.7 Å². The number of carbonyl (C=O) groups is 2. The average molecular weight is 349 g/mol. The fourth-order valence-corrected chi connectivity index (χ4v) is 3.18. The van der Waals surface area contributed by atoms with Crippen LogP contribution >= 0.6 is 0 Å². The summed E-state index contributed by atoms with van der Waals surface area (Å²) in [5.74, 6) is -0.380. The van der Waals surface area contributed by atoms with Crippen LogP contribution in [0.3, 0.4) is 0 Å². The fourth-order valence-electron chi connectivity index (χ4n) is 3.18. The van der Waals surface area contributed by atoms with Crippen LogP contribution in [0.25, 0.3) is 0 Å². The van der Waals surface area contributed by atoms with Crippen molar-refractivity contribution in [2.45, 2.75) is 51.5 Å². The summed E-state index contributed by atoms with van der Waals surface area (Å²) in [4.78, 5) is 25.3. The smallest absolute Gasteiger partial charge is 0.341 e. The Labute approximate surface area is 148 Å². The molecule has 0 spiro atoms. The van der Waals surface area contributed by atoms with E-state index in [9.17, 15) is 9.59 Å². The molecule has 0 aliphatic heterocycles. The topological polar surface area (TPSA) is 76.1 Å². The average Bonchev–Trinajstić information content (AvgIpc) is 2.89. The molecule has 0 aromatic heterocycles. The van der Waals surface area contributed by atoms with Gasteiger partial charge in [0.15, 0.2) is 18.1 Å². The standard InChI is InChI=1S/C19H27NO5/c1-3-24-17-12-14(10-11-16(17)25-13-18(21)22)19(23)20(2)15-8-6-4-5-7-9-15/h10-12,15H,3-9,13H2,1-2H3,(H,21,22). The Kier molecular flexibility index (Phi) is 7.10. The molecule has 1 N–H and O–H groups in total. The number of nitrogens with zero attached hydrogens (tertiary/aromatic N) is 1. The quantitative estimate of drug-likeness (QED) is 0.764. The first-order valence-corrected chi connectivity index (χ1v) is 8.91. The second-order valence-electron chi connectivity index (χ2n) is 6.34. The van der Waals surface area contributed by atoms with Gasteiger partial charge in [0.1, 0.15) is 0 Å². The molecule has 0 saturated heterocycles. The van der Waals surface area contributed by atoms with Gasteiger partial charge in [0.2, 0.25) is 0 Å². The molecule has 6 heteroatoms. The Bertz CT molecular complexity index is 593. The van der Waals surface area contributed by atoms with Crippen molar-refractivity contribution in [1.29, 1.82) is 0 Å². The maximum Gasteiger partial charge on any atom is 0.341 e. The molecule has 1 saturated carbocycles. The molecule has 1 aromatic rings. The molecule has 6 nitrogen and oxygen atoms in total. The normalized spacial score (nSPS) is 15.3. The van der Waals surface area contributed by atoms with E-state index in [2.05, 4.69) is 0 Å². The van der Waals surface area contributed by atoms with E-state index in [4.69, 9.17) is 14.6 Å². The van der Waals surface area contributed by atoms with Crippen LogP contribution in [0.15, 0.2) is 18.2 Å². The van der Waals surface area contributed by atoms with Crippen LogP contribution in [0.5, 0.6) is 11.5 Å². The lowest BCUT2D eigenvalue weighted by atomic mass is 10.1. The van der Waals surface area contributed by atoms with Gasteiger partial charge in [-0.3, -0.25) is 4.79 Å². The molecular weight excluding hydrogens is 322 g/mol. The van der Waals surface area contributed by atoms with Gasteiger partial charge in [-0.15, -0.1) is 0 Å². The summed E-state index contributed by atoms with van der Waals surface area (Å²) in [7, 11) is 1.85. The first-order valence-electron chi connectivity index (χ1n) is 8.91. The van der Waals surface area contributed by atoms with Gasteiger partial charge in [-0.1, -0.05) is 25.7 Å². The highest BCUT2D eigenvalue weighted by molar-refractivity contribution is 5.95. The molecule has 1 amide bonds. The number of carboxylic acids is 1. The summed E-state index contributed by atoms with van der Waals surface area (Å²) in [5, 5.41) is 8.75. The molecule has 0 atom stereocenters. The van der Waals surface area contributed by atoms with Crippen LogP contribution in [-0.4, -0.2) is 48.2 Å². The number of carboxylic acid groups (broad SMARTS) is 1. The van der Waals surface area contributed by atoms with Crippen molar-refractivity contribution < 1.29 is 24.2 Å². The minimum Gasteiger partial charge on any atom is -0.490 e. The molecule has 1 aliphatic carbocycles. The highest BCUT2D eigenvalue weighted by Gasteiger charge is 2.23. The van der Waals surface area contributed by atoms with Gasteiger partial charge in [0.05, 0.1) is 6.61 Å². The molecule has 1 aromatic carbocycles. The minimum atomic E-state index is -1.06. The first kappa shape index (κ1) is 19.1. The highest BCUT2D eigenvalue weighted by atomic mass is 16.5. The maximum atomic E-state index is 12.8. The molecule has 0 radical (unpaired) electrons. The molecule has 2 rings (SSSR count). The SMILES string of the molecule is CCOc1cc(C(=O)N(C)C2CCCCCC2)ccc1OCC(=O)O. The maximum absolute atomic E-state index is 12.8. The van der Waals surface area contributed by atoms with E-state index in [0.29, 0.717) is 23.7 Å². The monoisotopic (exact) mass is 349 g/mol. The van der Waals surface area contributed by atoms with Gasteiger partial charge < -0.3 is 19.5 Å². The number of hydrogen-bond donors (Lipinski definition) is 1. The van der Waals surface area contributed by atoms with Crippen molar-refractivity contribution in [3.63, 3.8) is 0 Å². The van der Waals surface area contributed by atoms with E-state index in [-0.39, 0.29) is 11.9 Å². The number of amides is 1. The van der Waals surface area contributed by atoms with Gasteiger partial charge >= 0.3 is 5.97 Å². The van der Waals surface area contributed by atoms with Gasteiger partial charge in [0.25, 0.3) is 5.91 Å². The lowest BCUT2D eigenvalue weighted by Gasteiger charge is -2.27. The molecule has 138 valence electrons. The van der Waals surface area contributed by atoms with E-state index >= 15 is 0 Å². The molecule has 1 fully saturated rings. The largest absolute Gasteiger partial charge is 0.490 e. The van der Waals surface area contributed by atoms with Crippen LogP contribution in [-0.2, 0) is 4.79 Å². The number of rotatable bonds is 7.